The van der Waals surface area contributed by atoms with E-state index in [4.69, 9.17) is 4.74 Å². The Kier molecular flexibility index (Phi) is 4.95. The van der Waals surface area contributed by atoms with Crippen molar-refractivity contribution in [2.75, 3.05) is 7.11 Å². The highest BCUT2D eigenvalue weighted by Crippen LogP contribution is 2.18. The fourth-order valence-electron chi connectivity index (χ4n) is 2.52. The number of methoxy groups -OCH3 is 1. The maximum Gasteiger partial charge on any atom is 0.291 e. The molecule has 27 heavy (non-hydrogen) atoms. The van der Waals surface area contributed by atoms with Gasteiger partial charge in [0.15, 0.2) is 5.82 Å². The van der Waals surface area contributed by atoms with Crippen LogP contribution >= 0.6 is 22.7 Å². The van der Waals surface area contributed by atoms with E-state index in [1.165, 1.54) is 15.9 Å². The lowest BCUT2D eigenvalue weighted by atomic mass is 10.2. The Morgan fingerprint density at radius 1 is 1.11 bits per heavy atom. The lowest BCUT2D eigenvalue weighted by molar-refractivity contribution is 0.414. The van der Waals surface area contributed by atoms with Crippen LogP contribution in [0.25, 0.3) is 29.3 Å². The molecule has 0 aliphatic rings. The summed E-state index contributed by atoms with van der Waals surface area (Å²) in [5.74, 6) is 1.32. The molecule has 0 N–H and O–H groups in total. The Balaban J connectivity index is 1.60. The molecule has 3 aromatic heterocycles. The van der Waals surface area contributed by atoms with E-state index in [0.717, 1.165) is 16.2 Å². The average molecular weight is 393 g/mol. The number of thiophene rings is 1. The maximum absolute atomic E-state index is 12.5. The topological polar surface area (TPSA) is 56.5 Å². The third-order valence-corrected chi connectivity index (χ3v) is 5.62. The fourth-order valence-corrected chi connectivity index (χ4v) is 4.00. The number of nitrogens with zero attached hydrogens (tertiary/aromatic N) is 3. The third kappa shape index (κ3) is 3.74. The minimum atomic E-state index is -0.164. The van der Waals surface area contributed by atoms with Gasteiger partial charge in [-0.25, -0.2) is 0 Å². The zero-order valence-corrected chi connectivity index (χ0v) is 16.0. The molecule has 134 valence electrons. The molecule has 7 heteroatoms. The van der Waals surface area contributed by atoms with Gasteiger partial charge in [0, 0.05) is 10.4 Å². The molecule has 0 unspecified atom stereocenters. The number of aromatic nitrogens is 3. The summed E-state index contributed by atoms with van der Waals surface area (Å²) in [6.07, 6.45) is 9.27. The Labute approximate surface area is 163 Å². The number of ether oxygens (including phenoxy) is 1. The highest BCUT2D eigenvalue weighted by molar-refractivity contribution is 7.15. The largest absolute Gasteiger partial charge is 0.496 e. The van der Waals surface area contributed by atoms with Crippen LogP contribution in [0.5, 0.6) is 5.75 Å². The Hall–Kier alpha value is -3.03. The van der Waals surface area contributed by atoms with Crippen LogP contribution in [0, 0.1) is 0 Å². The van der Waals surface area contributed by atoms with Gasteiger partial charge in [-0.1, -0.05) is 47.8 Å². The van der Waals surface area contributed by atoms with Crippen molar-refractivity contribution < 1.29 is 4.74 Å². The quantitative estimate of drug-likeness (QED) is 0.520. The molecule has 0 saturated carbocycles. The van der Waals surface area contributed by atoms with Crippen molar-refractivity contribution in [2.45, 2.75) is 0 Å². The molecule has 0 saturated heterocycles. The normalized spacial score (nSPS) is 12.7. The summed E-state index contributed by atoms with van der Waals surface area (Å²) in [5.41, 5.74) is 0.784. The van der Waals surface area contributed by atoms with Crippen molar-refractivity contribution in [3.8, 4) is 5.75 Å². The van der Waals surface area contributed by atoms with Crippen LogP contribution in [0.2, 0.25) is 0 Å². The molecule has 0 atom stereocenters. The van der Waals surface area contributed by atoms with Gasteiger partial charge >= 0.3 is 0 Å². The lowest BCUT2D eigenvalue weighted by Crippen LogP contribution is -2.23. The summed E-state index contributed by atoms with van der Waals surface area (Å²) < 4.78 is 7.25. The molecule has 0 radical (unpaired) electrons. The summed E-state index contributed by atoms with van der Waals surface area (Å²) in [5, 5.41) is 6.29. The van der Waals surface area contributed by atoms with Crippen molar-refractivity contribution >= 4 is 51.9 Å². The van der Waals surface area contributed by atoms with E-state index < -0.39 is 0 Å². The molecule has 0 bridgehead atoms. The number of hydrogen-bond acceptors (Lipinski definition) is 6. The van der Waals surface area contributed by atoms with Crippen molar-refractivity contribution in [3.63, 3.8) is 0 Å². The van der Waals surface area contributed by atoms with Crippen LogP contribution in [-0.2, 0) is 0 Å². The summed E-state index contributed by atoms with van der Waals surface area (Å²) in [6, 6.07) is 11.7. The van der Waals surface area contributed by atoms with Gasteiger partial charge in [-0.15, -0.1) is 16.4 Å². The van der Waals surface area contributed by atoms with Gasteiger partial charge in [0.1, 0.15) is 5.75 Å². The fraction of sp³-hybridized carbons (Fsp3) is 0.0500. The molecular weight excluding hydrogens is 378 g/mol. The third-order valence-electron chi connectivity index (χ3n) is 3.80. The number of para-hydroxylation sites is 1. The Morgan fingerprint density at radius 3 is 2.78 bits per heavy atom. The standard InChI is InChI=1S/C20H15N3O2S2/c1-25-16-9-3-2-6-14(16)7-4-10-17-19(24)23-20(27-17)21-18(22-23)12-11-15-8-5-13-26-15/h2-13H,1H3/b7-4-,12-11+,17-10-. The van der Waals surface area contributed by atoms with Crippen LogP contribution in [0.3, 0.4) is 0 Å². The van der Waals surface area contributed by atoms with Gasteiger partial charge in [-0.2, -0.15) is 9.50 Å². The molecule has 3 heterocycles. The summed E-state index contributed by atoms with van der Waals surface area (Å²) >= 11 is 2.96. The highest BCUT2D eigenvalue weighted by atomic mass is 32.1. The first kappa shape index (κ1) is 17.4. The second kappa shape index (κ2) is 7.69. The molecule has 4 rings (SSSR count). The molecule has 0 amide bonds. The van der Waals surface area contributed by atoms with E-state index >= 15 is 0 Å². The van der Waals surface area contributed by atoms with Crippen LogP contribution in [0.1, 0.15) is 16.3 Å². The van der Waals surface area contributed by atoms with Crippen molar-refractivity contribution in [2.24, 2.45) is 0 Å². The van der Waals surface area contributed by atoms with E-state index in [-0.39, 0.29) is 5.56 Å². The first-order valence-electron chi connectivity index (χ1n) is 8.17. The molecule has 4 aromatic rings. The van der Waals surface area contributed by atoms with Crippen molar-refractivity contribution in [1.82, 2.24) is 14.6 Å². The van der Waals surface area contributed by atoms with E-state index in [2.05, 4.69) is 10.1 Å². The second-order valence-corrected chi connectivity index (χ2v) is 7.54. The number of benzene rings is 1. The lowest BCUT2D eigenvalue weighted by Gasteiger charge is -2.02. The monoisotopic (exact) mass is 393 g/mol. The smallest absolute Gasteiger partial charge is 0.291 e. The van der Waals surface area contributed by atoms with E-state index in [1.807, 2.05) is 66.1 Å². The molecule has 0 aliphatic carbocycles. The SMILES string of the molecule is COc1ccccc1/C=C\C=c1/sc2nc(/C=C/c3cccs3)nn2c1=O. The molecule has 1 aromatic carbocycles. The van der Waals surface area contributed by atoms with Crippen molar-refractivity contribution in [3.05, 3.63) is 79.0 Å². The van der Waals surface area contributed by atoms with Crippen LogP contribution in [0.4, 0.5) is 0 Å². The molecule has 0 spiro atoms. The van der Waals surface area contributed by atoms with Crippen LogP contribution in [-0.4, -0.2) is 21.7 Å². The van der Waals surface area contributed by atoms with Gasteiger partial charge in [-0.3, -0.25) is 4.79 Å². The Morgan fingerprint density at radius 2 is 2.00 bits per heavy atom. The van der Waals surface area contributed by atoms with Gasteiger partial charge < -0.3 is 4.74 Å². The highest BCUT2D eigenvalue weighted by Gasteiger charge is 2.08. The Bertz CT molecular complexity index is 1230. The van der Waals surface area contributed by atoms with Gasteiger partial charge in [-0.05, 0) is 35.7 Å². The summed E-state index contributed by atoms with van der Waals surface area (Å²) in [7, 11) is 1.64. The summed E-state index contributed by atoms with van der Waals surface area (Å²) in [6.45, 7) is 0. The maximum atomic E-state index is 12.5. The van der Waals surface area contributed by atoms with Crippen LogP contribution in [0.15, 0.2) is 52.6 Å². The van der Waals surface area contributed by atoms with Crippen LogP contribution < -0.4 is 14.8 Å². The first-order valence-corrected chi connectivity index (χ1v) is 9.87. The number of hydrogen-bond donors (Lipinski definition) is 0. The van der Waals surface area contributed by atoms with E-state index in [0.29, 0.717) is 15.3 Å². The number of fused-ring (bicyclic) bond motifs is 1. The number of rotatable bonds is 5. The number of allylic oxidation sites excluding steroid dienone is 1. The zero-order valence-electron chi connectivity index (χ0n) is 14.4. The molecular formula is C20H15N3O2S2. The average Bonchev–Trinajstić information content (AvgIpc) is 3.40. The molecule has 0 aliphatic heterocycles. The molecule has 5 nitrogen and oxygen atoms in total. The van der Waals surface area contributed by atoms with Crippen molar-refractivity contribution in [1.29, 1.82) is 0 Å². The molecule has 0 fully saturated rings. The minimum absolute atomic E-state index is 0.164. The van der Waals surface area contributed by atoms with E-state index in [9.17, 15) is 4.79 Å². The van der Waals surface area contributed by atoms with Gasteiger partial charge in [0.05, 0.1) is 11.6 Å². The van der Waals surface area contributed by atoms with Gasteiger partial charge in [0.25, 0.3) is 5.56 Å². The summed E-state index contributed by atoms with van der Waals surface area (Å²) in [4.78, 5) is 18.6. The minimum Gasteiger partial charge on any atom is -0.496 e. The predicted molar refractivity (Wildman–Crippen MR) is 112 cm³/mol. The zero-order chi connectivity index (χ0) is 18.6. The number of thiazole rings is 1. The first-order chi connectivity index (χ1) is 13.2. The predicted octanol–water partition coefficient (Wildman–Crippen LogP) is 3.60. The second-order valence-electron chi connectivity index (χ2n) is 5.55. The van der Waals surface area contributed by atoms with Gasteiger partial charge in [0.2, 0.25) is 4.96 Å². The van der Waals surface area contributed by atoms with E-state index in [1.54, 1.807) is 24.5 Å².